The first-order chi connectivity index (χ1) is 13.6. The Morgan fingerprint density at radius 2 is 1.93 bits per heavy atom. The highest BCUT2D eigenvalue weighted by Crippen LogP contribution is 2.24. The van der Waals surface area contributed by atoms with Gasteiger partial charge in [0, 0.05) is 43.4 Å². The van der Waals surface area contributed by atoms with Gasteiger partial charge in [0.25, 0.3) is 0 Å². The number of carbonyl (C=O) groups excluding carboxylic acids is 3. The van der Waals surface area contributed by atoms with Gasteiger partial charge in [-0.15, -0.1) is 0 Å². The second kappa shape index (κ2) is 9.03. The lowest BCUT2D eigenvalue weighted by Gasteiger charge is -2.16. The van der Waals surface area contributed by atoms with E-state index in [1.807, 2.05) is 30.3 Å². The van der Waals surface area contributed by atoms with Gasteiger partial charge < -0.3 is 20.3 Å². The normalized spacial score (nSPS) is 16.0. The molecule has 3 amide bonds. The number of nitrogens with zero attached hydrogens (tertiary/aromatic N) is 1. The molecule has 146 valence electrons. The van der Waals surface area contributed by atoms with Crippen molar-refractivity contribution in [1.29, 1.82) is 0 Å². The molecule has 7 nitrogen and oxygen atoms in total. The molecule has 28 heavy (non-hydrogen) atoms. The van der Waals surface area contributed by atoms with Crippen LogP contribution in [-0.4, -0.2) is 37.9 Å². The Morgan fingerprint density at radius 1 is 1.14 bits per heavy atom. The number of benzene rings is 2. The summed E-state index contributed by atoms with van der Waals surface area (Å²) in [4.78, 5) is 38.2. The number of nitrogens with one attached hydrogen (secondary N) is 2. The molecule has 2 aromatic carbocycles. The molecule has 0 radical (unpaired) electrons. The highest BCUT2D eigenvalue weighted by molar-refractivity contribution is 6.00. The Hall–Kier alpha value is -3.35. The minimum absolute atomic E-state index is 0.0675. The molecule has 1 atom stereocenters. The number of hydrogen-bond donors (Lipinski definition) is 2. The van der Waals surface area contributed by atoms with E-state index in [0.29, 0.717) is 18.0 Å². The van der Waals surface area contributed by atoms with Gasteiger partial charge >= 0.3 is 0 Å². The van der Waals surface area contributed by atoms with Crippen LogP contribution in [0.5, 0.6) is 5.75 Å². The maximum atomic E-state index is 12.4. The van der Waals surface area contributed by atoms with Crippen molar-refractivity contribution in [3.8, 4) is 5.75 Å². The van der Waals surface area contributed by atoms with E-state index in [9.17, 15) is 14.4 Å². The molecule has 0 unspecified atom stereocenters. The molecule has 2 N–H and O–H groups in total. The fourth-order valence-electron chi connectivity index (χ4n) is 3.11. The maximum absolute atomic E-state index is 12.4. The van der Waals surface area contributed by atoms with E-state index in [0.717, 1.165) is 5.69 Å². The first-order valence-corrected chi connectivity index (χ1v) is 9.14. The SMILES string of the molecule is COc1cccc(NC(=O)CCNC(=O)[C@@H]2CC(=O)N(c3ccccc3)C2)c1. The number of carbonyl (C=O) groups is 3. The highest BCUT2D eigenvalue weighted by atomic mass is 16.5. The van der Waals surface area contributed by atoms with Crippen molar-refractivity contribution in [1.82, 2.24) is 5.32 Å². The lowest BCUT2D eigenvalue weighted by atomic mass is 10.1. The summed E-state index contributed by atoms with van der Waals surface area (Å²) in [7, 11) is 1.56. The Labute approximate surface area is 163 Å². The maximum Gasteiger partial charge on any atom is 0.227 e. The average molecular weight is 381 g/mol. The molecule has 0 saturated carbocycles. The van der Waals surface area contributed by atoms with E-state index in [2.05, 4.69) is 10.6 Å². The summed E-state index contributed by atoms with van der Waals surface area (Å²) >= 11 is 0. The molecule has 1 heterocycles. The lowest BCUT2D eigenvalue weighted by Crippen LogP contribution is -2.34. The highest BCUT2D eigenvalue weighted by Gasteiger charge is 2.34. The number of ether oxygens (including phenoxy) is 1. The Kier molecular flexibility index (Phi) is 6.26. The van der Waals surface area contributed by atoms with Crippen molar-refractivity contribution in [2.24, 2.45) is 5.92 Å². The fraction of sp³-hybridized carbons (Fsp3) is 0.286. The zero-order chi connectivity index (χ0) is 19.9. The summed E-state index contributed by atoms with van der Waals surface area (Å²) in [6, 6.07) is 16.4. The van der Waals surface area contributed by atoms with Crippen molar-refractivity contribution in [3.63, 3.8) is 0 Å². The van der Waals surface area contributed by atoms with Gasteiger partial charge in [-0.3, -0.25) is 14.4 Å². The zero-order valence-electron chi connectivity index (χ0n) is 15.7. The van der Waals surface area contributed by atoms with E-state index >= 15 is 0 Å². The largest absolute Gasteiger partial charge is 0.497 e. The number of methoxy groups -OCH3 is 1. The van der Waals surface area contributed by atoms with Crippen LogP contribution in [0.3, 0.4) is 0 Å². The smallest absolute Gasteiger partial charge is 0.227 e. The van der Waals surface area contributed by atoms with Gasteiger partial charge in [-0.25, -0.2) is 0 Å². The first kappa shape index (κ1) is 19.4. The molecule has 1 saturated heterocycles. The molecule has 7 heteroatoms. The molecule has 1 fully saturated rings. The minimum Gasteiger partial charge on any atom is -0.497 e. The van der Waals surface area contributed by atoms with Gasteiger partial charge in [-0.2, -0.15) is 0 Å². The van der Waals surface area contributed by atoms with Crippen molar-refractivity contribution in [2.45, 2.75) is 12.8 Å². The van der Waals surface area contributed by atoms with Gasteiger partial charge in [0.05, 0.1) is 13.0 Å². The summed E-state index contributed by atoms with van der Waals surface area (Å²) in [6.45, 7) is 0.565. The monoisotopic (exact) mass is 381 g/mol. The van der Waals surface area contributed by atoms with E-state index in [-0.39, 0.29) is 37.1 Å². The first-order valence-electron chi connectivity index (χ1n) is 9.14. The summed E-state index contributed by atoms with van der Waals surface area (Å²) < 4.78 is 5.12. The third-order valence-corrected chi connectivity index (χ3v) is 4.57. The van der Waals surface area contributed by atoms with Gasteiger partial charge in [-0.05, 0) is 24.3 Å². The molecule has 0 spiro atoms. The lowest BCUT2D eigenvalue weighted by molar-refractivity contribution is -0.126. The second-order valence-corrected chi connectivity index (χ2v) is 6.56. The summed E-state index contributed by atoms with van der Waals surface area (Å²) in [6.07, 6.45) is 0.322. The van der Waals surface area contributed by atoms with Crippen molar-refractivity contribution in [2.75, 3.05) is 30.4 Å². The molecule has 1 aliphatic rings. The van der Waals surface area contributed by atoms with Crippen LogP contribution in [-0.2, 0) is 14.4 Å². The quantitative estimate of drug-likeness (QED) is 0.770. The summed E-state index contributed by atoms with van der Waals surface area (Å²) in [5.41, 5.74) is 1.43. The Balaban J connectivity index is 1.44. The van der Waals surface area contributed by atoms with Crippen LogP contribution in [0.25, 0.3) is 0 Å². The molecule has 0 aliphatic carbocycles. The zero-order valence-corrected chi connectivity index (χ0v) is 15.7. The molecule has 2 aromatic rings. The van der Waals surface area contributed by atoms with E-state index < -0.39 is 5.92 Å². The molecule has 1 aliphatic heterocycles. The molecular formula is C21H23N3O4. The van der Waals surface area contributed by atoms with Crippen LogP contribution >= 0.6 is 0 Å². The number of anilines is 2. The van der Waals surface area contributed by atoms with Gasteiger partial charge in [0.1, 0.15) is 5.75 Å². The number of hydrogen-bond acceptors (Lipinski definition) is 4. The standard InChI is InChI=1S/C21H23N3O4/c1-28-18-9-5-6-16(13-18)23-19(25)10-11-22-21(27)15-12-20(26)24(14-15)17-7-3-2-4-8-17/h2-9,13,15H,10-12,14H2,1H3,(H,22,27)(H,23,25)/t15-/m1/s1. The van der Waals surface area contributed by atoms with E-state index in [1.165, 1.54) is 0 Å². The van der Waals surface area contributed by atoms with Crippen molar-refractivity contribution >= 4 is 29.1 Å². The predicted molar refractivity (Wildman–Crippen MR) is 106 cm³/mol. The van der Waals surface area contributed by atoms with Gasteiger partial charge in [0.2, 0.25) is 17.7 Å². The molecular weight excluding hydrogens is 358 g/mol. The Morgan fingerprint density at radius 3 is 2.68 bits per heavy atom. The van der Waals surface area contributed by atoms with E-state index in [1.54, 1.807) is 36.3 Å². The number of para-hydroxylation sites is 1. The Bertz CT molecular complexity index is 854. The third-order valence-electron chi connectivity index (χ3n) is 4.57. The topological polar surface area (TPSA) is 87.7 Å². The van der Waals surface area contributed by atoms with Crippen LogP contribution in [0.2, 0.25) is 0 Å². The summed E-state index contributed by atoms with van der Waals surface area (Å²) in [5.74, 6) is -0.237. The van der Waals surface area contributed by atoms with Crippen molar-refractivity contribution < 1.29 is 19.1 Å². The van der Waals surface area contributed by atoms with Gasteiger partial charge in [-0.1, -0.05) is 24.3 Å². The fourth-order valence-corrected chi connectivity index (χ4v) is 3.11. The second-order valence-electron chi connectivity index (χ2n) is 6.56. The van der Waals surface area contributed by atoms with Crippen LogP contribution in [0.4, 0.5) is 11.4 Å². The number of rotatable bonds is 7. The van der Waals surface area contributed by atoms with Crippen molar-refractivity contribution in [3.05, 3.63) is 54.6 Å². The van der Waals surface area contributed by atoms with Crippen LogP contribution < -0.4 is 20.3 Å². The minimum atomic E-state index is -0.408. The average Bonchev–Trinajstić information content (AvgIpc) is 3.10. The third kappa shape index (κ3) is 4.88. The summed E-state index contributed by atoms with van der Waals surface area (Å²) in [5, 5.41) is 5.52. The molecule has 0 aromatic heterocycles. The molecule has 0 bridgehead atoms. The van der Waals surface area contributed by atoms with Crippen LogP contribution in [0, 0.1) is 5.92 Å². The number of amides is 3. The molecule has 3 rings (SSSR count). The van der Waals surface area contributed by atoms with Gasteiger partial charge in [0.15, 0.2) is 0 Å². The van der Waals surface area contributed by atoms with E-state index in [4.69, 9.17) is 4.74 Å². The predicted octanol–water partition coefficient (Wildman–Crippen LogP) is 2.19. The van der Waals surface area contributed by atoms with Crippen LogP contribution in [0.1, 0.15) is 12.8 Å². The van der Waals surface area contributed by atoms with Crippen LogP contribution in [0.15, 0.2) is 54.6 Å².